The van der Waals surface area contributed by atoms with Gasteiger partial charge in [-0.2, -0.15) is 0 Å². The van der Waals surface area contributed by atoms with E-state index in [-0.39, 0.29) is 0 Å². The van der Waals surface area contributed by atoms with Crippen LogP contribution in [-0.2, 0) is 0 Å². The normalized spacial score (nSPS) is 12.1. The van der Waals surface area contributed by atoms with Crippen LogP contribution in [0.5, 0.6) is 0 Å². The molecule has 0 unspecified atom stereocenters. The van der Waals surface area contributed by atoms with Crippen LogP contribution in [0.2, 0.25) is 0 Å². The second kappa shape index (κ2) is 4.80. The molecule has 0 amide bonds. The molecule has 0 aliphatic carbocycles. The molecule has 1 aromatic rings. The van der Waals surface area contributed by atoms with Crippen molar-refractivity contribution in [3.63, 3.8) is 0 Å². The highest BCUT2D eigenvalue weighted by Crippen LogP contribution is 2.21. The summed E-state index contributed by atoms with van der Waals surface area (Å²) in [6.45, 7) is 3.08. The fourth-order valence-electron chi connectivity index (χ4n) is 0.977. The molecule has 3 heteroatoms. The van der Waals surface area contributed by atoms with E-state index in [1.54, 1.807) is 11.3 Å². The molecule has 1 nitrogen and oxygen atoms in total. The zero-order valence-electron chi connectivity index (χ0n) is 7.23. The van der Waals surface area contributed by atoms with Gasteiger partial charge >= 0.3 is 0 Å². The first kappa shape index (κ1) is 9.96. The number of thiophene rings is 1. The van der Waals surface area contributed by atoms with Gasteiger partial charge in [0.15, 0.2) is 0 Å². The van der Waals surface area contributed by atoms with Gasteiger partial charge in [0.1, 0.15) is 0 Å². The summed E-state index contributed by atoms with van der Waals surface area (Å²) in [5, 5.41) is 5.21. The Kier molecular flexibility index (Phi) is 3.98. The molecule has 12 heavy (non-hydrogen) atoms. The summed E-state index contributed by atoms with van der Waals surface area (Å²) in [7, 11) is 1.96. The maximum atomic E-state index is 3.43. The second-order valence-corrected chi connectivity index (χ2v) is 4.55. The smallest absolute Gasteiger partial charge is 0.0288 e. The van der Waals surface area contributed by atoms with E-state index in [9.17, 15) is 0 Å². The standard InChI is InChI=1S/C9H12BrNS/c1-7(5-11-2)3-9-4-8(10)6-12-9/h3-4,6,11H,5H2,1-2H3/b7-3+. The monoisotopic (exact) mass is 245 g/mol. The van der Waals surface area contributed by atoms with Crippen LogP contribution in [-0.4, -0.2) is 13.6 Å². The van der Waals surface area contributed by atoms with Crippen LogP contribution in [0.3, 0.4) is 0 Å². The van der Waals surface area contributed by atoms with Gasteiger partial charge in [-0.05, 0) is 42.0 Å². The van der Waals surface area contributed by atoms with E-state index in [4.69, 9.17) is 0 Å². The van der Waals surface area contributed by atoms with Gasteiger partial charge in [0.25, 0.3) is 0 Å². The maximum absolute atomic E-state index is 3.43. The third-order valence-corrected chi connectivity index (χ3v) is 3.07. The van der Waals surface area contributed by atoms with Gasteiger partial charge in [-0.3, -0.25) is 0 Å². The summed E-state index contributed by atoms with van der Waals surface area (Å²) < 4.78 is 1.16. The molecule has 66 valence electrons. The third kappa shape index (κ3) is 3.09. The minimum atomic E-state index is 0.954. The number of hydrogen-bond donors (Lipinski definition) is 1. The van der Waals surface area contributed by atoms with E-state index in [2.05, 4.69) is 45.7 Å². The Bertz CT molecular complexity index is 278. The van der Waals surface area contributed by atoms with Crippen molar-refractivity contribution < 1.29 is 0 Å². The van der Waals surface area contributed by atoms with E-state index >= 15 is 0 Å². The predicted octanol–water partition coefficient (Wildman–Crippen LogP) is 3.13. The SMILES string of the molecule is CNC/C(C)=C/c1cc(Br)cs1. The first-order valence-corrected chi connectivity index (χ1v) is 5.45. The molecule has 0 aromatic carbocycles. The number of halogens is 1. The molecule has 0 radical (unpaired) electrons. The maximum Gasteiger partial charge on any atom is 0.0288 e. The number of likely N-dealkylation sites (N-methyl/N-ethyl adjacent to an activating group) is 1. The van der Waals surface area contributed by atoms with E-state index in [0.29, 0.717) is 0 Å². The van der Waals surface area contributed by atoms with Crippen molar-refractivity contribution in [1.82, 2.24) is 5.32 Å². The summed E-state index contributed by atoms with van der Waals surface area (Å²) in [6, 6.07) is 2.13. The lowest BCUT2D eigenvalue weighted by Gasteiger charge is -1.96. The molecule has 0 spiro atoms. The van der Waals surface area contributed by atoms with Gasteiger partial charge in [-0.15, -0.1) is 11.3 Å². The summed E-state index contributed by atoms with van der Waals surface area (Å²) >= 11 is 5.18. The second-order valence-electron chi connectivity index (χ2n) is 2.69. The van der Waals surface area contributed by atoms with Gasteiger partial charge in [0, 0.05) is 21.3 Å². The van der Waals surface area contributed by atoms with Crippen molar-refractivity contribution in [3.8, 4) is 0 Å². The fraction of sp³-hybridized carbons (Fsp3) is 0.333. The number of hydrogen-bond acceptors (Lipinski definition) is 2. The third-order valence-electron chi connectivity index (χ3n) is 1.43. The number of nitrogens with one attached hydrogen (secondary N) is 1. The van der Waals surface area contributed by atoms with Crippen molar-refractivity contribution >= 4 is 33.3 Å². The highest BCUT2D eigenvalue weighted by Gasteiger charge is 1.94. The van der Waals surface area contributed by atoms with Gasteiger partial charge in [0.05, 0.1) is 0 Å². The number of rotatable bonds is 3. The molecule has 1 aromatic heterocycles. The highest BCUT2D eigenvalue weighted by atomic mass is 79.9. The van der Waals surface area contributed by atoms with Crippen molar-refractivity contribution in [2.24, 2.45) is 0 Å². The van der Waals surface area contributed by atoms with Crippen LogP contribution in [0.4, 0.5) is 0 Å². The van der Waals surface area contributed by atoms with Gasteiger partial charge in [-0.25, -0.2) is 0 Å². The Balaban J connectivity index is 2.67. The lowest BCUT2D eigenvalue weighted by atomic mass is 10.2. The van der Waals surface area contributed by atoms with E-state index < -0.39 is 0 Å². The average Bonchev–Trinajstić information content (AvgIpc) is 2.36. The van der Waals surface area contributed by atoms with Crippen molar-refractivity contribution in [3.05, 3.63) is 26.4 Å². The van der Waals surface area contributed by atoms with Gasteiger partial charge in [-0.1, -0.05) is 5.57 Å². The van der Waals surface area contributed by atoms with Crippen molar-refractivity contribution in [2.45, 2.75) is 6.92 Å². The van der Waals surface area contributed by atoms with Crippen LogP contribution in [0.1, 0.15) is 11.8 Å². The highest BCUT2D eigenvalue weighted by molar-refractivity contribution is 9.10. The molecule has 1 N–H and O–H groups in total. The van der Waals surface area contributed by atoms with Crippen LogP contribution in [0.15, 0.2) is 21.5 Å². The molecule has 0 saturated heterocycles. The summed E-state index contributed by atoms with van der Waals surface area (Å²) in [6.07, 6.45) is 2.20. The van der Waals surface area contributed by atoms with Gasteiger partial charge in [0.2, 0.25) is 0 Å². The van der Waals surface area contributed by atoms with Crippen LogP contribution in [0, 0.1) is 0 Å². The minimum absolute atomic E-state index is 0.954. The van der Waals surface area contributed by atoms with Crippen molar-refractivity contribution in [1.29, 1.82) is 0 Å². The molecule has 0 bridgehead atoms. The molecule has 0 fully saturated rings. The molecule has 1 rings (SSSR count). The zero-order valence-corrected chi connectivity index (χ0v) is 9.63. The lowest BCUT2D eigenvalue weighted by molar-refractivity contribution is 0.885. The molecule has 0 saturated carbocycles. The zero-order chi connectivity index (χ0) is 8.97. The van der Waals surface area contributed by atoms with E-state index in [1.807, 2.05) is 7.05 Å². The van der Waals surface area contributed by atoms with Crippen LogP contribution >= 0.6 is 27.3 Å². The first-order valence-electron chi connectivity index (χ1n) is 3.78. The molecule has 0 aliphatic heterocycles. The molecule has 1 heterocycles. The Morgan fingerprint density at radius 1 is 1.75 bits per heavy atom. The van der Waals surface area contributed by atoms with Crippen molar-refractivity contribution in [2.75, 3.05) is 13.6 Å². The Labute approximate surface area is 85.6 Å². The van der Waals surface area contributed by atoms with E-state index in [1.165, 1.54) is 10.5 Å². The summed E-state index contributed by atoms with van der Waals surface area (Å²) in [4.78, 5) is 1.30. The Hall–Kier alpha value is -0.120. The Morgan fingerprint density at radius 2 is 2.50 bits per heavy atom. The molecule has 0 atom stereocenters. The Morgan fingerprint density at radius 3 is 3.00 bits per heavy atom. The predicted molar refractivity (Wildman–Crippen MR) is 59.6 cm³/mol. The first-order chi connectivity index (χ1) is 5.72. The quantitative estimate of drug-likeness (QED) is 0.863. The summed E-state index contributed by atoms with van der Waals surface area (Å²) in [5.74, 6) is 0. The lowest BCUT2D eigenvalue weighted by Crippen LogP contribution is -2.08. The topological polar surface area (TPSA) is 12.0 Å². The summed E-state index contributed by atoms with van der Waals surface area (Å²) in [5.41, 5.74) is 1.35. The average molecular weight is 246 g/mol. The minimum Gasteiger partial charge on any atom is -0.316 e. The fourth-order valence-corrected chi connectivity index (χ4v) is 2.44. The molecular formula is C9H12BrNS. The van der Waals surface area contributed by atoms with Crippen LogP contribution < -0.4 is 5.32 Å². The van der Waals surface area contributed by atoms with Crippen LogP contribution in [0.25, 0.3) is 6.08 Å². The molecule has 0 aliphatic rings. The van der Waals surface area contributed by atoms with E-state index in [0.717, 1.165) is 11.0 Å². The van der Waals surface area contributed by atoms with Gasteiger partial charge < -0.3 is 5.32 Å². The molecular weight excluding hydrogens is 234 g/mol. The largest absolute Gasteiger partial charge is 0.316 e.